The zero-order valence-corrected chi connectivity index (χ0v) is 10.7. The topological polar surface area (TPSA) is 18.5 Å². The molecular weight excluding hydrogens is 188 g/mol. The summed E-state index contributed by atoms with van der Waals surface area (Å²) in [5.41, 5.74) is 0. The minimum absolute atomic E-state index is 0.0385. The van der Waals surface area contributed by atoms with E-state index in [4.69, 9.17) is 9.47 Å². The van der Waals surface area contributed by atoms with Gasteiger partial charge in [0.25, 0.3) is 0 Å². The molecule has 1 heterocycles. The minimum Gasteiger partial charge on any atom is -0.353 e. The SMILES string of the molecule is CCCCC[C@@H]1OC(OCC)C(C)[C@H]1C. The number of hydrogen-bond donors (Lipinski definition) is 0. The van der Waals surface area contributed by atoms with Crippen LogP contribution in [0.15, 0.2) is 0 Å². The highest BCUT2D eigenvalue weighted by molar-refractivity contribution is 4.81. The first-order chi connectivity index (χ1) is 7.20. The van der Waals surface area contributed by atoms with E-state index >= 15 is 0 Å². The summed E-state index contributed by atoms with van der Waals surface area (Å²) in [6.45, 7) is 9.56. The fourth-order valence-corrected chi connectivity index (χ4v) is 2.29. The Morgan fingerprint density at radius 3 is 2.40 bits per heavy atom. The van der Waals surface area contributed by atoms with Crippen LogP contribution >= 0.6 is 0 Å². The predicted molar refractivity (Wildman–Crippen MR) is 62.8 cm³/mol. The van der Waals surface area contributed by atoms with Gasteiger partial charge in [-0.1, -0.05) is 40.0 Å². The van der Waals surface area contributed by atoms with Gasteiger partial charge in [0.2, 0.25) is 0 Å². The summed E-state index contributed by atoms with van der Waals surface area (Å²) in [5, 5.41) is 0. The van der Waals surface area contributed by atoms with Crippen LogP contribution in [-0.4, -0.2) is 19.0 Å². The van der Waals surface area contributed by atoms with Crippen LogP contribution in [0, 0.1) is 11.8 Å². The second kappa shape index (κ2) is 6.49. The monoisotopic (exact) mass is 214 g/mol. The average Bonchev–Trinajstić information content (AvgIpc) is 2.48. The van der Waals surface area contributed by atoms with Crippen LogP contribution in [0.4, 0.5) is 0 Å². The molecule has 0 N–H and O–H groups in total. The van der Waals surface area contributed by atoms with Crippen molar-refractivity contribution in [2.45, 2.75) is 65.8 Å². The Hall–Kier alpha value is -0.0800. The Labute approximate surface area is 94.3 Å². The van der Waals surface area contributed by atoms with Crippen molar-refractivity contribution in [3.05, 3.63) is 0 Å². The summed E-state index contributed by atoms with van der Waals surface area (Å²) in [7, 11) is 0. The highest BCUT2D eigenvalue weighted by Gasteiger charge is 2.38. The molecular formula is C13H26O2. The first kappa shape index (κ1) is 13.0. The zero-order valence-electron chi connectivity index (χ0n) is 10.7. The standard InChI is InChI=1S/C13H26O2/c1-5-7-8-9-12-10(3)11(4)13(15-12)14-6-2/h10-13H,5-9H2,1-4H3/t10-,11?,12+,13?/m1/s1. The van der Waals surface area contributed by atoms with Gasteiger partial charge in [0.1, 0.15) is 0 Å². The lowest BCUT2D eigenvalue weighted by Gasteiger charge is -2.15. The summed E-state index contributed by atoms with van der Waals surface area (Å²) in [4.78, 5) is 0. The van der Waals surface area contributed by atoms with Crippen molar-refractivity contribution in [1.82, 2.24) is 0 Å². The normalized spacial score (nSPS) is 36.0. The predicted octanol–water partition coefficient (Wildman–Crippen LogP) is 3.60. The van der Waals surface area contributed by atoms with Crippen LogP contribution < -0.4 is 0 Å². The summed E-state index contributed by atoms with van der Waals surface area (Å²) in [5.74, 6) is 1.18. The van der Waals surface area contributed by atoms with E-state index in [1.807, 2.05) is 6.92 Å². The van der Waals surface area contributed by atoms with Gasteiger partial charge in [-0.05, 0) is 19.3 Å². The molecule has 4 atom stereocenters. The first-order valence-corrected chi connectivity index (χ1v) is 6.47. The molecule has 1 aliphatic heterocycles. The number of ether oxygens (including phenoxy) is 2. The van der Waals surface area contributed by atoms with Crippen molar-refractivity contribution in [3.8, 4) is 0 Å². The minimum atomic E-state index is 0.0385. The molecule has 0 aromatic rings. The van der Waals surface area contributed by atoms with Gasteiger partial charge in [-0.25, -0.2) is 0 Å². The third-order valence-electron chi connectivity index (χ3n) is 3.58. The van der Waals surface area contributed by atoms with E-state index in [9.17, 15) is 0 Å². The lowest BCUT2D eigenvalue weighted by Crippen LogP contribution is -2.19. The van der Waals surface area contributed by atoms with Crippen LogP contribution in [0.2, 0.25) is 0 Å². The quantitative estimate of drug-likeness (QED) is 0.629. The molecule has 0 aliphatic carbocycles. The smallest absolute Gasteiger partial charge is 0.160 e. The molecule has 2 unspecified atom stereocenters. The van der Waals surface area contributed by atoms with Crippen molar-refractivity contribution in [2.24, 2.45) is 11.8 Å². The van der Waals surface area contributed by atoms with Crippen LogP contribution in [0.1, 0.15) is 53.4 Å². The third-order valence-corrected chi connectivity index (χ3v) is 3.58. The average molecular weight is 214 g/mol. The van der Waals surface area contributed by atoms with Gasteiger partial charge in [-0.15, -0.1) is 0 Å². The Kier molecular flexibility index (Phi) is 5.62. The lowest BCUT2D eigenvalue weighted by molar-refractivity contribution is -0.145. The molecule has 0 spiro atoms. The fourth-order valence-electron chi connectivity index (χ4n) is 2.29. The van der Waals surface area contributed by atoms with Gasteiger partial charge in [-0.3, -0.25) is 0 Å². The van der Waals surface area contributed by atoms with E-state index in [1.54, 1.807) is 0 Å². The number of unbranched alkanes of at least 4 members (excludes halogenated alkanes) is 2. The lowest BCUT2D eigenvalue weighted by atomic mass is 9.91. The molecule has 1 fully saturated rings. The molecule has 0 bridgehead atoms. The fraction of sp³-hybridized carbons (Fsp3) is 1.00. The van der Waals surface area contributed by atoms with Gasteiger partial charge >= 0.3 is 0 Å². The summed E-state index contributed by atoms with van der Waals surface area (Å²) < 4.78 is 11.6. The van der Waals surface area contributed by atoms with Crippen molar-refractivity contribution in [1.29, 1.82) is 0 Å². The second-order valence-electron chi connectivity index (χ2n) is 4.71. The third kappa shape index (κ3) is 3.46. The Morgan fingerprint density at radius 1 is 1.07 bits per heavy atom. The molecule has 1 saturated heterocycles. The second-order valence-corrected chi connectivity index (χ2v) is 4.71. The molecule has 1 rings (SSSR count). The van der Waals surface area contributed by atoms with Gasteiger partial charge < -0.3 is 9.47 Å². The van der Waals surface area contributed by atoms with Crippen LogP contribution in [0.3, 0.4) is 0 Å². The van der Waals surface area contributed by atoms with Gasteiger partial charge in [0.15, 0.2) is 6.29 Å². The van der Waals surface area contributed by atoms with Crippen molar-refractivity contribution >= 4 is 0 Å². The van der Waals surface area contributed by atoms with Crippen molar-refractivity contribution in [2.75, 3.05) is 6.61 Å². The molecule has 90 valence electrons. The molecule has 2 heteroatoms. The van der Waals surface area contributed by atoms with E-state index in [0.717, 1.165) is 6.61 Å². The molecule has 0 aromatic heterocycles. The van der Waals surface area contributed by atoms with E-state index in [-0.39, 0.29) is 6.29 Å². The van der Waals surface area contributed by atoms with Crippen LogP contribution in [0.5, 0.6) is 0 Å². The zero-order chi connectivity index (χ0) is 11.3. The molecule has 0 saturated carbocycles. The van der Waals surface area contributed by atoms with Crippen molar-refractivity contribution < 1.29 is 9.47 Å². The van der Waals surface area contributed by atoms with Crippen LogP contribution in [0.25, 0.3) is 0 Å². The Morgan fingerprint density at radius 2 is 1.80 bits per heavy atom. The molecule has 0 aromatic carbocycles. The molecule has 1 aliphatic rings. The molecule has 15 heavy (non-hydrogen) atoms. The first-order valence-electron chi connectivity index (χ1n) is 6.47. The maximum absolute atomic E-state index is 5.95. The summed E-state index contributed by atoms with van der Waals surface area (Å²) in [6.07, 6.45) is 5.55. The Bertz CT molecular complexity index is 170. The molecule has 0 radical (unpaired) electrons. The number of hydrogen-bond acceptors (Lipinski definition) is 2. The van der Waals surface area contributed by atoms with Crippen LogP contribution in [-0.2, 0) is 9.47 Å². The van der Waals surface area contributed by atoms with Gasteiger partial charge in [0.05, 0.1) is 6.10 Å². The number of rotatable bonds is 6. The maximum Gasteiger partial charge on any atom is 0.160 e. The van der Waals surface area contributed by atoms with E-state index in [1.165, 1.54) is 25.7 Å². The van der Waals surface area contributed by atoms with E-state index < -0.39 is 0 Å². The molecule has 0 amide bonds. The maximum atomic E-state index is 5.95. The molecule has 2 nitrogen and oxygen atoms in total. The van der Waals surface area contributed by atoms with E-state index in [0.29, 0.717) is 17.9 Å². The Balaban J connectivity index is 2.33. The van der Waals surface area contributed by atoms with Crippen molar-refractivity contribution in [3.63, 3.8) is 0 Å². The van der Waals surface area contributed by atoms with Gasteiger partial charge in [-0.2, -0.15) is 0 Å². The summed E-state index contributed by atoms with van der Waals surface area (Å²) >= 11 is 0. The summed E-state index contributed by atoms with van der Waals surface area (Å²) in [6, 6.07) is 0. The largest absolute Gasteiger partial charge is 0.353 e. The highest BCUT2D eigenvalue weighted by atomic mass is 16.7. The van der Waals surface area contributed by atoms with Gasteiger partial charge in [0, 0.05) is 12.5 Å². The highest BCUT2D eigenvalue weighted by Crippen LogP contribution is 2.35. The van der Waals surface area contributed by atoms with E-state index in [2.05, 4.69) is 20.8 Å².